The summed E-state index contributed by atoms with van der Waals surface area (Å²) in [5.41, 5.74) is 5.18. The summed E-state index contributed by atoms with van der Waals surface area (Å²) in [6, 6.07) is -0.385. The van der Waals surface area contributed by atoms with Crippen molar-refractivity contribution in [2.45, 2.75) is 51.1 Å². The van der Waals surface area contributed by atoms with Crippen LogP contribution in [-0.4, -0.2) is 40.5 Å². The molecule has 5 nitrogen and oxygen atoms in total. The van der Waals surface area contributed by atoms with E-state index >= 15 is 0 Å². The summed E-state index contributed by atoms with van der Waals surface area (Å²) < 4.78 is 0. The van der Waals surface area contributed by atoms with E-state index in [1.165, 1.54) is 0 Å². The Bertz CT molecular complexity index is 262. The van der Waals surface area contributed by atoms with Crippen LogP contribution in [0.1, 0.15) is 39.0 Å². The molecular formula is C11H20N2O3. The smallest absolute Gasteiger partial charge is 0.320 e. The van der Waals surface area contributed by atoms with Gasteiger partial charge in [0.2, 0.25) is 5.91 Å². The number of carbonyl (C=O) groups excluding carboxylic acids is 1. The maximum Gasteiger partial charge on any atom is 0.320 e. The van der Waals surface area contributed by atoms with E-state index < -0.39 is 17.9 Å². The highest BCUT2D eigenvalue weighted by Gasteiger charge is 2.32. The molecule has 0 aliphatic heterocycles. The average Bonchev–Trinajstić information content (AvgIpc) is 2.68. The van der Waals surface area contributed by atoms with Crippen LogP contribution >= 0.6 is 0 Å². The average molecular weight is 228 g/mol. The van der Waals surface area contributed by atoms with Crippen molar-refractivity contribution < 1.29 is 14.7 Å². The third kappa shape index (κ3) is 3.20. The Hall–Kier alpha value is -1.10. The number of amides is 1. The summed E-state index contributed by atoms with van der Waals surface area (Å²) in [6.45, 7) is 1.87. The van der Waals surface area contributed by atoms with E-state index in [9.17, 15) is 9.59 Å². The van der Waals surface area contributed by atoms with Crippen molar-refractivity contribution in [3.63, 3.8) is 0 Å². The summed E-state index contributed by atoms with van der Waals surface area (Å²) in [4.78, 5) is 23.9. The van der Waals surface area contributed by atoms with E-state index in [0.717, 1.165) is 25.7 Å². The number of nitrogens with two attached hydrogens (primary N) is 1. The highest BCUT2D eigenvalue weighted by molar-refractivity contribution is 5.78. The van der Waals surface area contributed by atoms with Gasteiger partial charge in [-0.25, -0.2) is 0 Å². The number of hydrogen-bond acceptors (Lipinski definition) is 3. The Labute approximate surface area is 95.6 Å². The monoisotopic (exact) mass is 228 g/mol. The lowest BCUT2D eigenvalue weighted by Crippen LogP contribution is -2.49. The van der Waals surface area contributed by atoms with Crippen molar-refractivity contribution in [3.8, 4) is 0 Å². The Morgan fingerprint density at radius 1 is 1.44 bits per heavy atom. The van der Waals surface area contributed by atoms with E-state index in [-0.39, 0.29) is 12.6 Å². The third-order valence-corrected chi connectivity index (χ3v) is 3.20. The summed E-state index contributed by atoms with van der Waals surface area (Å²) in [5, 5.41) is 9.12. The highest BCUT2D eigenvalue weighted by atomic mass is 16.4. The second-order valence-electron chi connectivity index (χ2n) is 4.34. The molecule has 1 saturated carbocycles. The molecule has 0 spiro atoms. The standard InChI is InChI=1S/C11H20N2O3/c1-2-9(11(15)16)13(7-10(12)14)8-5-3-4-6-8/h8-9H,2-7H2,1H3,(H2,12,14)(H,15,16). The van der Waals surface area contributed by atoms with Gasteiger partial charge in [0.05, 0.1) is 6.54 Å². The molecule has 0 aromatic carbocycles. The minimum atomic E-state index is -0.865. The minimum Gasteiger partial charge on any atom is -0.480 e. The molecule has 1 fully saturated rings. The fraction of sp³-hybridized carbons (Fsp3) is 0.818. The first-order valence-electron chi connectivity index (χ1n) is 5.83. The summed E-state index contributed by atoms with van der Waals surface area (Å²) >= 11 is 0. The number of nitrogens with zero attached hydrogens (tertiary/aromatic N) is 1. The largest absolute Gasteiger partial charge is 0.480 e. The van der Waals surface area contributed by atoms with E-state index in [0.29, 0.717) is 6.42 Å². The summed E-state index contributed by atoms with van der Waals surface area (Å²) in [5.74, 6) is -1.32. The fourth-order valence-electron chi connectivity index (χ4n) is 2.46. The van der Waals surface area contributed by atoms with Crippen LogP contribution in [-0.2, 0) is 9.59 Å². The molecule has 0 aromatic heterocycles. The molecule has 16 heavy (non-hydrogen) atoms. The number of hydrogen-bond donors (Lipinski definition) is 2. The topological polar surface area (TPSA) is 83.6 Å². The van der Waals surface area contributed by atoms with Crippen LogP contribution < -0.4 is 5.73 Å². The van der Waals surface area contributed by atoms with E-state index in [2.05, 4.69) is 0 Å². The number of carbonyl (C=O) groups is 2. The van der Waals surface area contributed by atoms with Gasteiger partial charge in [0.25, 0.3) is 0 Å². The second-order valence-corrected chi connectivity index (χ2v) is 4.34. The van der Waals surface area contributed by atoms with E-state index in [1.54, 1.807) is 4.90 Å². The molecule has 0 heterocycles. The van der Waals surface area contributed by atoms with Gasteiger partial charge >= 0.3 is 5.97 Å². The van der Waals surface area contributed by atoms with Gasteiger partial charge in [-0.3, -0.25) is 14.5 Å². The van der Waals surface area contributed by atoms with Crippen LogP contribution in [0, 0.1) is 0 Å². The lowest BCUT2D eigenvalue weighted by Gasteiger charge is -2.32. The maximum absolute atomic E-state index is 11.1. The lowest BCUT2D eigenvalue weighted by atomic mass is 10.1. The molecule has 0 bridgehead atoms. The number of primary amides is 1. The zero-order valence-corrected chi connectivity index (χ0v) is 9.69. The van der Waals surface area contributed by atoms with Gasteiger partial charge in [0.1, 0.15) is 6.04 Å². The fourth-order valence-corrected chi connectivity index (χ4v) is 2.46. The number of rotatable bonds is 6. The van der Waals surface area contributed by atoms with Crippen molar-refractivity contribution in [3.05, 3.63) is 0 Å². The van der Waals surface area contributed by atoms with Gasteiger partial charge in [-0.05, 0) is 19.3 Å². The van der Waals surface area contributed by atoms with Gasteiger partial charge in [0.15, 0.2) is 0 Å². The molecule has 1 amide bonds. The van der Waals surface area contributed by atoms with Crippen LogP contribution in [0.25, 0.3) is 0 Å². The van der Waals surface area contributed by atoms with Crippen molar-refractivity contribution in [1.29, 1.82) is 0 Å². The van der Waals surface area contributed by atoms with Gasteiger partial charge in [-0.1, -0.05) is 19.8 Å². The molecule has 1 unspecified atom stereocenters. The zero-order chi connectivity index (χ0) is 12.1. The molecule has 3 N–H and O–H groups in total. The quantitative estimate of drug-likeness (QED) is 0.696. The number of carboxylic acids is 1. The Kier molecular flexibility index (Phi) is 4.73. The van der Waals surface area contributed by atoms with E-state index in [1.807, 2.05) is 6.92 Å². The molecule has 0 radical (unpaired) electrons. The second kappa shape index (κ2) is 5.84. The normalized spacial score (nSPS) is 18.9. The molecule has 0 aromatic rings. The van der Waals surface area contributed by atoms with Gasteiger partial charge < -0.3 is 10.8 Å². The molecule has 1 aliphatic rings. The van der Waals surface area contributed by atoms with Crippen molar-refractivity contribution in [1.82, 2.24) is 4.90 Å². The van der Waals surface area contributed by atoms with Gasteiger partial charge in [0, 0.05) is 6.04 Å². The summed E-state index contributed by atoms with van der Waals surface area (Å²) in [7, 11) is 0. The molecular weight excluding hydrogens is 208 g/mol. The van der Waals surface area contributed by atoms with Crippen LogP contribution in [0.4, 0.5) is 0 Å². The molecule has 92 valence electrons. The van der Waals surface area contributed by atoms with Crippen LogP contribution in [0.2, 0.25) is 0 Å². The number of carboxylic acid groups (broad SMARTS) is 1. The molecule has 1 rings (SSSR count). The number of aliphatic carboxylic acids is 1. The molecule has 5 heteroatoms. The van der Waals surface area contributed by atoms with Crippen molar-refractivity contribution in [2.24, 2.45) is 5.73 Å². The first-order chi connectivity index (χ1) is 7.56. The predicted molar refractivity (Wildman–Crippen MR) is 59.9 cm³/mol. The predicted octanol–water partition coefficient (Wildman–Crippen LogP) is 0.579. The first-order valence-corrected chi connectivity index (χ1v) is 5.83. The van der Waals surface area contributed by atoms with E-state index in [4.69, 9.17) is 10.8 Å². The minimum absolute atomic E-state index is 0.0511. The molecule has 1 aliphatic carbocycles. The van der Waals surface area contributed by atoms with Crippen LogP contribution in [0.5, 0.6) is 0 Å². The van der Waals surface area contributed by atoms with Crippen molar-refractivity contribution in [2.75, 3.05) is 6.54 Å². The van der Waals surface area contributed by atoms with Crippen LogP contribution in [0.15, 0.2) is 0 Å². The third-order valence-electron chi connectivity index (χ3n) is 3.20. The Balaban J connectivity index is 2.75. The zero-order valence-electron chi connectivity index (χ0n) is 9.69. The first kappa shape index (κ1) is 13.0. The molecule has 1 atom stereocenters. The maximum atomic E-state index is 11.1. The Morgan fingerprint density at radius 2 is 2.00 bits per heavy atom. The van der Waals surface area contributed by atoms with Crippen molar-refractivity contribution >= 4 is 11.9 Å². The summed E-state index contributed by atoms with van der Waals surface area (Å²) in [6.07, 6.45) is 4.65. The van der Waals surface area contributed by atoms with Gasteiger partial charge in [-0.15, -0.1) is 0 Å². The highest BCUT2D eigenvalue weighted by Crippen LogP contribution is 2.25. The SMILES string of the molecule is CCC(C(=O)O)N(CC(N)=O)C1CCCC1. The Morgan fingerprint density at radius 3 is 2.38 bits per heavy atom. The van der Waals surface area contributed by atoms with Crippen LogP contribution in [0.3, 0.4) is 0 Å². The molecule has 0 saturated heterocycles. The van der Waals surface area contributed by atoms with Gasteiger partial charge in [-0.2, -0.15) is 0 Å². The lowest BCUT2D eigenvalue weighted by molar-refractivity contribution is -0.145.